The lowest BCUT2D eigenvalue weighted by molar-refractivity contribution is 0.103. The molecule has 5 heteroatoms. The number of nitrogens with one attached hydrogen (secondary N) is 1. The van der Waals surface area contributed by atoms with Gasteiger partial charge in [0.25, 0.3) is 0 Å². The van der Waals surface area contributed by atoms with Gasteiger partial charge in [-0.15, -0.1) is 0 Å². The molecule has 20 heavy (non-hydrogen) atoms. The van der Waals surface area contributed by atoms with Crippen molar-refractivity contribution in [1.82, 2.24) is 10.2 Å². The first-order chi connectivity index (χ1) is 9.54. The highest BCUT2D eigenvalue weighted by Gasteiger charge is 2.19. The van der Waals surface area contributed by atoms with Crippen LogP contribution in [0.25, 0.3) is 0 Å². The molecule has 1 aliphatic heterocycles. The quantitative estimate of drug-likeness (QED) is 0.827. The van der Waals surface area contributed by atoms with Gasteiger partial charge in [0.1, 0.15) is 18.5 Å². The van der Waals surface area contributed by atoms with Gasteiger partial charge in [0, 0.05) is 19.1 Å². The van der Waals surface area contributed by atoms with Crippen LogP contribution in [0.15, 0.2) is 22.7 Å². The third kappa shape index (κ3) is 4.74. The smallest absolute Gasteiger partial charge is 0.133 e. The molecule has 2 N–H and O–H groups in total. The summed E-state index contributed by atoms with van der Waals surface area (Å²) in [6.45, 7) is 5.09. The molecule has 2 rings (SSSR count). The number of nitrogens with zero attached hydrogens (tertiary/aromatic N) is 1. The van der Waals surface area contributed by atoms with E-state index < -0.39 is 6.10 Å². The Balaban J connectivity index is 1.70. The fourth-order valence-corrected chi connectivity index (χ4v) is 2.98. The maximum atomic E-state index is 9.97. The molecule has 1 aromatic carbocycles. The summed E-state index contributed by atoms with van der Waals surface area (Å²) >= 11 is 3.47. The predicted molar refractivity (Wildman–Crippen MR) is 84.3 cm³/mol. The zero-order valence-corrected chi connectivity index (χ0v) is 13.7. The van der Waals surface area contributed by atoms with Crippen LogP contribution < -0.4 is 10.1 Å². The van der Waals surface area contributed by atoms with Crippen LogP contribution in [-0.2, 0) is 0 Å². The molecule has 0 spiro atoms. The second-order valence-corrected chi connectivity index (χ2v) is 6.41. The monoisotopic (exact) mass is 342 g/mol. The first kappa shape index (κ1) is 15.8. The Kier molecular flexibility index (Phi) is 5.84. The van der Waals surface area contributed by atoms with Crippen molar-refractivity contribution in [3.63, 3.8) is 0 Å². The van der Waals surface area contributed by atoms with Crippen LogP contribution in [0.5, 0.6) is 5.75 Å². The van der Waals surface area contributed by atoms with Crippen molar-refractivity contribution in [3.8, 4) is 5.75 Å². The van der Waals surface area contributed by atoms with Crippen LogP contribution >= 0.6 is 15.9 Å². The summed E-state index contributed by atoms with van der Waals surface area (Å²) in [4.78, 5) is 2.30. The van der Waals surface area contributed by atoms with Crippen molar-refractivity contribution in [3.05, 3.63) is 28.2 Å². The molecule has 1 fully saturated rings. The molecule has 0 aliphatic carbocycles. The van der Waals surface area contributed by atoms with Gasteiger partial charge < -0.3 is 20.1 Å². The summed E-state index contributed by atoms with van der Waals surface area (Å²) < 4.78 is 6.57. The fraction of sp³-hybridized carbons (Fsp3) is 0.600. The summed E-state index contributed by atoms with van der Waals surface area (Å²) in [7, 11) is 2.12. The normalized spacial score (nSPS) is 21.1. The van der Waals surface area contributed by atoms with Crippen molar-refractivity contribution in [1.29, 1.82) is 0 Å². The molecule has 1 saturated heterocycles. The summed E-state index contributed by atoms with van der Waals surface area (Å²) in [5, 5.41) is 13.4. The molecular formula is C15H23BrN2O2. The number of hydrogen-bond donors (Lipinski definition) is 2. The summed E-state index contributed by atoms with van der Waals surface area (Å²) in [6, 6.07) is 6.42. The molecule has 1 aromatic rings. The number of aryl methyl sites for hydroxylation is 1. The van der Waals surface area contributed by atoms with Crippen LogP contribution in [-0.4, -0.2) is 55.4 Å². The summed E-state index contributed by atoms with van der Waals surface area (Å²) in [5.41, 5.74) is 1.18. The molecule has 4 nitrogen and oxygen atoms in total. The second kappa shape index (κ2) is 7.41. The van der Waals surface area contributed by atoms with Crippen molar-refractivity contribution < 1.29 is 9.84 Å². The SMILES string of the molecule is Cc1ccc(OCC(O)CNC2CCN(C)C2)c(Br)c1. The minimum absolute atomic E-state index is 0.303. The zero-order valence-electron chi connectivity index (χ0n) is 12.1. The second-order valence-electron chi connectivity index (χ2n) is 5.55. The maximum absolute atomic E-state index is 9.97. The van der Waals surface area contributed by atoms with Gasteiger partial charge >= 0.3 is 0 Å². The molecule has 2 atom stereocenters. The van der Waals surface area contributed by atoms with E-state index in [1.807, 2.05) is 25.1 Å². The van der Waals surface area contributed by atoms with Crippen molar-refractivity contribution in [2.45, 2.75) is 25.5 Å². The van der Waals surface area contributed by atoms with E-state index in [-0.39, 0.29) is 0 Å². The van der Waals surface area contributed by atoms with Gasteiger partial charge in [0.2, 0.25) is 0 Å². The molecule has 0 aromatic heterocycles. The molecule has 0 radical (unpaired) electrons. The highest BCUT2D eigenvalue weighted by Crippen LogP contribution is 2.25. The van der Waals surface area contributed by atoms with Gasteiger partial charge in [-0.2, -0.15) is 0 Å². The Bertz CT molecular complexity index is 442. The van der Waals surface area contributed by atoms with Crippen molar-refractivity contribution >= 4 is 15.9 Å². The Morgan fingerprint density at radius 3 is 3.00 bits per heavy atom. The standard InChI is InChI=1S/C15H23BrN2O2/c1-11-3-4-15(14(16)7-11)20-10-13(19)8-17-12-5-6-18(2)9-12/h3-4,7,12-13,17,19H,5-6,8-10H2,1-2H3. The van der Waals surface area contributed by atoms with Gasteiger partial charge in [-0.05, 0) is 60.6 Å². The Labute approximate surface area is 129 Å². The van der Waals surface area contributed by atoms with Gasteiger partial charge in [0.05, 0.1) is 4.47 Å². The van der Waals surface area contributed by atoms with Crippen LogP contribution in [0.3, 0.4) is 0 Å². The lowest BCUT2D eigenvalue weighted by Crippen LogP contribution is -2.39. The lowest BCUT2D eigenvalue weighted by atomic mass is 10.2. The fourth-order valence-electron chi connectivity index (χ4n) is 2.37. The van der Waals surface area contributed by atoms with Crippen molar-refractivity contribution in [2.75, 3.05) is 33.3 Å². The average Bonchev–Trinajstić information content (AvgIpc) is 2.81. The molecule has 0 amide bonds. The van der Waals surface area contributed by atoms with E-state index in [1.54, 1.807) is 0 Å². The predicted octanol–water partition coefficient (Wildman–Crippen LogP) is 1.79. The number of ether oxygens (including phenoxy) is 1. The third-order valence-electron chi connectivity index (χ3n) is 3.55. The summed E-state index contributed by atoms with van der Waals surface area (Å²) in [5.74, 6) is 0.773. The van der Waals surface area contributed by atoms with Gasteiger partial charge in [-0.3, -0.25) is 0 Å². The molecule has 2 unspecified atom stereocenters. The highest BCUT2D eigenvalue weighted by atomic mass is 79.9. The third-order valence-corrected chi connectivity index (χ3v) is 4.17. The molecule has 0 bridgehead atoms. The Morgan fingerprint density at radius 1 is 1.55 bits per heavy atom. The lowest BCUT2D eigenvalue weighted by Gasteiger charge is -2.17. The van der Waals surface area contributed by atoms with Crippen molar-refractivity contribution in [2.24, 2.45) is 0 Å². The van der Waals surface area contributed by atoms with Crippen LogP contribution in [0.4, 0.5) is 0 Å². The minimum atomic E-state index is -0.492. The van der Waals surface area contributed by atoms with E-state index in [0.29, 0.717) is 19.2 Å². The van der Waals surface area contributed by atoms with E-state index in [1.165, 1.54) is 5.56 Å². The van der Waals surface area contributed by atoms with E-state index >= 15 is 0 Å². The first-order valence-corrected chi connectivity index (χ1v) is 7.83. The number of halogens is 1. The minimum Gasteiger partial charge on any atom is -0.490 e. The molecular weight excluding hydrogens is 320 g/mol. The largest absolute Gasteiger partial charge is 0.490 e. The van der Waals surface area contributed by atoms with Crippen LogP contribution in [0, 0.1) is 6.92 Å². The molecule has 112 valence electrons. The number of aliphatic hydroxyl groups is 1. The molecule has 1 aliphatic rings. The zero-order chi connectivity index (χ0) is 14.5. The average molecular weight is 343 g/mol. The number of likely N-dealkylation sites (tertiary alicyclic amines) is 1. The molecule has 0 saturated carbocycles. The first-order valence-electron chi connectivity index (χ1n) is 7.03. The van der Waals surface area contributed by atoms with E-state index in [0.717, 1.165) is 29.7 Å². The number of likely N-dealkylation sites (N-methyl/N-ethyl adjacent to an activating group) is 1. The van der Waals surface area contributed by atoms with Gasteiger partial charge in [-0.1, -0.05) is 6.07 Å². The maximum Gasteiger partial charge on any atom is 0.133 e. The van der Waals surface area contributed by atoms with E-state index in [9.17, 15) is 5.11 Å². The Morgan fingerprint density at radius 2 is 2.35 bits per heavy atom. The summed E-state index contributed by atoms with van der Waals surface area (Å²) in [6.07, 6.45) is 0.655. The number of hydrogen-bond acceptors (Lipinski definition) is 4. The van der Waals surface area contributed by atoms with Crippen LogP contribution in [0.1, 0.15) is 12.0 Å². The van der Waals surface area contributed by atoms with E-state index in [2.05, 4.69) is 33.2 Å². The Hall–Kier alpha value is -0.620. The van der Waals surface area contributed by atoms with Crippen LogP contribution in [0.2, 0.25) is 0 Å². The number of rotatable bonds is 6. The van der Waals surface area contributed by atoms with Gasteiger partial charge in [0.15, 0.2) is 0 Å². The highest BCUT2D eigenvalue weighted by molar-refractivity contribution is 9.10. The molecule has 1 heterocycles. The van der Waals surface area contributed by atoms with E-state index in [4.69, 9.17) is 4.74 Å². The topological polar surface area (TPSA) is 44.7 Å². The number of aliphatic hydroxyl groups excluding tert-OH is 1. The van der Waals surface area contributed by atoms with Gasteiger partial charge in [-0.25, -0.2) is 0 Å². The number of benzene rings is 1.